The van der Waals surface area contributed by atoms with E-state index in [9.17, 15) is 22.0 Å². The summed E-state index contributed by atoms with van der Waals surface area (Å²) >= 11 is 0. The molecule has 200 valence electrons. The zero-order chi connectivity index (χ0) is 26.3. The molecular weight excluding hydrogens is 486 g/mol. The molecule has 2 aromatic rings. The number of imidazole rings is 1. The number of fused-ring (bicyclic) bond motifs is 1. The first-order chi connectivity index (χ1) is 16.8. The minimum atomic E-state index is -3.72. The molecule has 1 aliphatic carbocycles. The van der Waals surface area contributed by atoms with Crippen molar-refractivity contribution in [3.63, 3.8) is 0 Å². The summed E-state index contributed by atoms with van der Waals surface area (Å²) in [5.41, 5.74) is 1.13. The first-order valence-electron chi connectivity index (χ1n) is 13.0. The molecule has 10 heteroatoms. The molecule has 1 atom stereocenters. The van der Waals surface area contributed by atoms with Gasteiger partial charge in [-0.05, 0) is 56.2 Å². The Kier molecular flexibility index (Phi) is 7.50. The molecular formula is C26H38F2N4O3S. The number of nitrogens with one attached hydrogen (secondary N) is 1. The molecule has 0 unspecified atom stereocenters. The van der Waals surface area contributed by atoms with Crippen LogP contribution in [0, 0.1) is 11.8 Å². The fourth-order valence-corrected chi connectivity index (χ4v) is 6.98. The molecule has 7 nitrogen and oxygen atoms in total. The van der Waals surface area contributed by atoms with Crippen LogP contribution in [-0.2, 0) is 26.8 Å². The first-order valence-corrected chi connectivity index (χ1v) is 14.4. The van der Waals surface area contributed by atoms with E-state index in [0.29, 0.717) is 57.4 Å². The molecule has 1 saturated heterocycles. The highest BCUT2D eigenvalue weighted by atomic mass is 32.2. The number of sulfonamides is 1. The van der Waals surface area contributed by atoms with Gasteiger partial charge in [-0.3, -0.25) is 4.79 Å². The SMILES string of the molecule is CCNC(=O)C[C@@H]1CCN(S(=O)(=O)c2ccc3c(c2)nc(C(C)(C)C)n3CC2CCC(F)(F)CC2)C1. The number of halogens is 2. The molecule has 1 aliphatic heterocycles. The van der Waals surface area contributed by atoms with Crippen LogP contribution in [0.3, 0.4) is 0 Å². The number of rotatable bonds is 7. The van der Waals surface area contributed by atoms with Crippen molar-refractivity contribution in [1.82, 2.24) is 19.2 Å². The van der Waals surface area contributed by atoms with Crippen LogP contribution in [0.5, 0.6) is 0 Å². The largest absolute Gasteiger partial charge is 0.356 e. The van der Waals surface area contributed by atoms with E-state index in [2.05, 4.69) is 30.7 Å². The molecule has 1 saturated carbocycles. The van der Waals surface area contributed by atoms with E-state index in [-0.39, 0.29) is 40.9 Å². The molecule has 0 radical (unpaired) electrons. The molecule has 1 aromatic heterocycles. The fraction of sp³-hybridized carbons (Fsp3) is 0.692. The average Bonchev–Trinajstić information content (AvgIpc) is 3.40. The lowest BCUT2D eigenvalue weighted by Crippen LogP contribution is -2.30. The van der Waals surface area contributed by atoms with Gasteiger partial charge in [-0.25, -0.2) is 22.2 Å². The lowest BCUT2D eigenvalue weighted by atomic mass is 9.86. The monoisotopic (exact) mass is 524 g/mol. The van der Waals surface area contributed by atoms with Crippen LogP contribution in [0.1, 0.15) is 72.0 Å². The summed E-state index contributed by atoms with van der Waals surface area (Å²) in [5, 5.41) is 2.78. The number of aromatic nitrogens is 2. The third-order valence-corrected chi connectivity index (χ3v) is 9.26. The standard InChI is InChI=1S/C26H38F2N4O3S/c1-5-29-23(33)14-19-10-13-31(16-19)36(34,35)20-6-7-22-21(15-20)30-24(25(2,3)4)32(22)17-18-8-11-26(27,28)12-9-18/h6-7,15,18-19H,5,8-14,16-17H2,1-4H3,(H,29,33)/t19-/m0/s1. The van der Waals surface area contributed by atoms with Crippen LogP contribution in [0.25, 0.3) is 11.0 Å². The van der Waals surface area contributed by atoms with Crippen molar-refractivity contribution in [3.8, 4) is 0 Å². The van der Waals surface area contributed by atoms with Gasteiger partial charge in [0.15, 0.2) is 0 Å². The molecule has 1 N–H and O–H groups in total. The zero-order valence-corrected chi connectivity index (χ0v) is 22.5. The minimum Gasteiger partial charge on any atom is -0.356 e. The maximum absolute atomic E-state index is 13.7. The number of nitrogens with zero attached hydrogens (tertiary/aromatic N) is 3. The van der Waals surface area contributed by atoms with Crippen molar-refractivity contribution in [1.29, 1.82) is 0 Å². The van der Waals surface area contributed by atoms with Gasteiger partial charge in [0.1, 0.15) is 5.82 Å². The summed E-state index contributed by atoms with van der Waals surface area (Å²) < 4.78 is 57.8. The molecule has 0 bridgehead atoms. The van der Waals surface area contributed by atoms with Crippen molar-refractivity contribution in [2.24, 2.45) is 11.8 Å². The van der Waals surface area contributed by atoms with Gasteiger partial charge in [-0.2, -0.15) is 4.31 Å². The first kappa shape index (κ1) is 27.0. The second-order valence-electron chi connectivity index (χ2n) is 11.4. The summed E-state index contributed by atoms with van der Waals surface area (Å²) in [6.07, 6.45) is 1.74. The lowest BCUT2D eigenvalue weighted by molar-refractivity contribution is -0.121. The van der Waals surface area contributed by atoms with Crippen molar-refractivity contribution in [2.75, 3.05) is 19.6 Å². The van der Waals surface area contributed by atoms with E-state index < -0.39 is 15.9 Å². The van der Waals surface area contributed by atoms with Crippen LogP contribution >= 0.6 is 0 Å². The van der Waals surface area contributed by atoms with Gasteiger partial charge < -0.3 is 9.88 Å². The summed E-state index contributed by atoms with van der Waals surface area (Å²) in [6, 6.07) is 5.04. The van der Waals surface area contributed by atoms with Gasteiger partial charge in [0, 0.05) is 50.9 Å². The molecule has 1 amide bonds. The summed E-state index contributed by atoms with van der Waals surface area (Å²) in [6.45, 7) is 9.88. The van der Waals surface area contributed by atoms with Crippen LogP contribution in [0.4, 0.5) is 8.78 Å². The van der Waals surface area contributed by atoms with Crippen LogP contribution in [0.15, 0.2) is 23.1 Å². The van der Waals surface area contributed by atoms with Crippen molar-refractivity contribution in [3.05, 3.63) is 24.0 Å². The Hall–Kier alpha value is -2.07. The van der Waals surface area contributed by atoms with E-state index in [1.807, 2.05) is 6.92 Å². The highest BCUT2D eigenvalue weighted by Gasteiger charge is 2.37. The Morgan fingerprint density at radius 1 is 1.17 bits per heavy atom. The molecule has 2 heterocycles. The predicted octanol–water partition coefficient (Wildman–Crippen LogP) is 4.70. The molecule has 4 rings (SSSR count). The molecule has 2 fully saturated rings. The third kappa shape index (κ3) is 5.74. The third-order valence-electron chi connectivity index (χ3n) is 7.40. The highest BCUT2D eigenvalue weighted by molar-refractivity contribution is 7.89. The topological polar surface area (TPSA) is 84.3 Å². The number of carbonyl (C=O) groups excluding carboxylic acids is 1. The Morgan fingerprint density at radius 3 is 2.50 bits per heavy atom. The molecule has 36 heavy (non-hydrogen) atoms. The number of hydrogen-bond donors (Lipinski definition) is 1. The number of benzene rings is 1. The maximum atomic E-state index is 13.7. The highest BCUT2D eigenvalue weighted by Crippen LogP contribution is 2.38. The molecule has 1 aromatic carbocycles. The van der Waals surface area contributed by atoms with E-state index >= 15 is 0 Å². The number of amides is 1. The number of hydrogen-bond acceptors (Lipinski definition) is 4. The van der Waals surface area contributed by atoms with Gasteiger partial charge in [0.2, 0.25) is 21.9 Å². The van der Waals surface area contributed by atoms with E-state index in [4.69, 9.17) is 4.98 Å². The normalized spacial score (nSPS) is 21.8. The maximum Gasteiger partial charge on any atom is 0.248 e. The second-order valence-corrected chi connectivity index (χ2v) is 13.4. The lowest BCUT2D eigenvalue weighted by Gasteiger charge is -2.30. The Morgan fingerprint density at radius 2 is 1.86 bits per heavy atom. The predicted molar refractivity (Wildman–Crippen MR) is 136 cm³/mol. The second kappa shape index (κ2) is 10.0. The quantitative estimate of drug-likeness (QED) is 0.569. The van der Waals surface area contributed by atoms with Gasteiger partial charge in [-0.15, -0.1) is 0 Å². The zero-order valence-electron chi connectivity index (χ0n) is 21.7. The average molecular weight is 525 g/mol. The van der Waals surface area contributed by atoms with Gasteiger partial charge in [0.25, 0.3) is 0 Å². The Bertz CT molecular complexity index is 1210. The van der Waals surface area contributed by atoms with Crippen LogP contribution < -0.4 is 5.32 Å². The Balaban J connectivity index is 1.58. The number of carbonyl (C=O) groups is 1. The molecule has 2 aliphatic rings. The van der Waals surface area contributed by atoms with Gasteiger partial charge in [0.05, 0.1) is 15.9 Å². The van der Waals surface area contributed by atoms with Crippen LogP contribution in [0.2, 0.25) is 0 Å². The van der Waals surface area contributed by atoms with Gasteiger partial charge in [-0.1, -0.05) is 20.8 Å². The fourth-order valence-electron chi connectivity index (χ4n) is 5.43. The van der Waals surface area contributed by atoms with E-state index in [1.54, 1.807) is 18.2 Å². The van der Waals surface area contributed by atoms with Crippen molar-refractivity contribution >= 4 is 27.0 Å². The number of alkyl halides is 2. The van der Waals surface area contributed by atoms with Gasteiger partial charge >= 0.3 is 0 Å². The summed E-state index contributed by atoms with van der Waals surface area (Å²) in [5.74, 6) is -1.65. The minimum absolute atomic E-state index is 0.00429. The molecule has 0 spiro atoms. The van der Waals surface area contributed by atoms with Crippen LogP contribution in [-0.4, -0.2) is 53.7 Å². The smallest absolute Gasteiger partial charge is 0.248 e. The van der Waals surface area contributed by atoms with Crippen molar-refractivity contribution < 1.29 is 22.0 Å². The summed E-state index contributed by atoms with van der Waals surface area (Å²) in [7, 11) is -3.72. The van der Waals surface area contributed by atoms with E-state index in [0.717, 1.165) is 11.3 Å². The van der Waals surface area contributed by atoms with E-state index in [1.165, 1.54) is 4.31 Å². The summed E-state index contributed by atoms with van der Waals surface area (Å²) in [4.78, 5) is 17.0. The van der Waals surface area contributed by atoms with Crippen molar-refractivity contribution in [2.45, 2.75) is 89.0 Å². The Labute approximate surface area is 212 Å².